The summed E-state index contributed by atoms with van der Waals surface area (Å²) >= 11 is 0. The highest BCUT2D eigenvalue weighted by Crippen LogP contribution is 2.36. The molecule has 4 saturated heterocycles. The monoisotopic (exact) mass is 524 g/mol. The van der Waals surface area contributed by atoms with Crippen molar-refractivity contribution in [3.05, 3.63) is 35.5 Å². The number of ether oxygens (including phenoxy) is 2. The Morgan fingerprint density at radius 2 is 1.78 bits per heavy atom. The van der Waals surface area contributed by atoms with Crippen molar-refractivity contribution in [1.29, 1.82) is 0 Å². The van der Waals surface area contributed by atoms with Gasteiger partial charge in [0, 0.05) is 24.3 Å². The number of likely N-dealkylation sites (tertiary alicyclic amines) is 1. The van der Waals surface area contributed by atoms with Crippen LogP contribution in [-0.4, -0.2) is 97.0 Å². The Balaban J connectivity index is 1.26. The van der Waals surface area contributed by atoms with Crippen molar-refractivity contribution in [1.82, 2.24) is 24.6 Å². The van der Waals surface area contributed by atoms with Crippen LogP contribution in [0.5, 0.6) is 0 Å². The lowest BCUT2D eigenvalue weighted by Gasteiger charge is -2.41. The van der Waals surface area contributed by atoms with E-state index < -0.39 is 9.84 Å². The van der Waals surface area contributed by atoms with E-state index in [9.17, 15) is 8.42 Å². The largest absolute Gasteiger partial charge is 0.378 e. The molecule has 0 radical (unpaired) electrons. The van der Waals surface area contributed by atoms with E-state index in [0.717, 1.165) is 62.7 Å². The fraction of sp³-hybridized carbons (Fsp3) is 0.577. The lowest BCUT2D eigenvalue weighted by molar-refractivity contribution is -0.0712. The van der Waals surface area contributed by atoms with E-state index in [2.05, 4.69) is 43.9 Å². The predicted molar refractivity (Wildman–Crippen MR) is 138 cm³/mol. The van der Waals surface area contributed by atoms with Gasteiger partial charge in [0.25, 0.3) is 5.16 Å². The minimum Gasteiger partial charge on any atom is -0.378 e. The maximum atomic E-state index is 12.5. The number of rotatable bonds is 5. The van der Waals surface area contributed by atoms with Gasteiger partial charge in [-0.3, -0.25) is 4.90 Å². The number of hydrogen-bond acceptors (Lipinski definition) is 9. The van der Waals surface area contributed by atoms with Crippen molar-refractivity contribution in [2.75, 3.05) is 50.6 Å². The van der Waals surface area contributed by atoms with Gasteiger partial charge in [0.15, 0.2) is 5.82 Å². The van der Waals surface area contributed by atoms with E-state index in [1.165, 1.54) is 11.1 Å². The maximum absolute atomic E-state index is 12.5. The molecule has 2 bridgehead atoms. The fourth-order valence-corrected chi connectivity index (χ4v) is 6.86. The molecule has 0 spiro atoms. The molecule has 196 valence electrons. The Kier molecular flexibility index (Phi) is 5.54. The molecule has 37 heavy (non-hydrogen) atoms. The van der Waals surface area contributed by atoms with Crippen LogP contribution in [0.1, 0.15) is 36.3 Å². The molecule has 7 rings (SSSR count). The number of fused-ring (bicyclic) bond motifs is 3. The first kappa shape index (κ1) is 23.5. The van der Waals surface area contributed by atoms with Crippen LogP contribution in [-0.2, 0) is 19.3 Å². The van der Waals surface area contributed by atoms with Crippen molar-refractivity contribution in [3.63, 3.8) is 0 Å². The van der Waals surface area contributed by atoms with Crippen molar-refractivity contribution >= 4 is 26.6 Å². The second-order valence-electron chi connectivity index (χ2n) is 11.0. The van der Waals surface area contributed by atoms with Gasteiger partial charge < -0.3 is 14.4 Å². The third kappa shape index (κ3) is 4.12. The van der Waals surface area contributed by atoms with Crippen LogP contribution >= 0.6 is 0 Å². The van der Waals surface area contributed by atoms with E-state index in [1.807, 2.05) is 12.3 Å². The van der Waals surface area contributed by atoms with Crippen LogP contribution < -0.4 is 4.90 Å². The Labute approximate surface area is 216 Å². The molecule has 0 saturated carbocycles. The zero-order valence-corrected chi connectivity index (χ0v) is 22.0. The van der Waals surface area contributed by atoms with Crippen molar-refractivity contribution in [2.45, 2.75) is 55.4 Å². The number of aryl methyl sites for hydroxylation is 1. The second kappa shape index (κ2) is 8.72. The molecule has 4 aliphatic rings. The van der Waals surface area contributed by atoms with Crippen LogP contribution in [0, 0.1) is 6.92 Å². The summed E-state index contributed by atoms with van der Waals surface area (Å²) < 4.78 is 38.0. The summed E-state index contributed by atoms with van der Waals surface area (Å²) in [6.45, 7) is 7.41. The zero-order valence-electron chi connectivity index (χ0n) is 21.2. The molecule has 4 fully saturated rings. The van der Waals surface area contributed by atoms with Crippen LogP contribution in [0.3, 0.4) is 0 Å². The summed E-state index contributed by atoms with van der Waals surface area (Å²) in [4.78, 5) is 13.6. The second-order valence-corrected chi connectivity index (χ2v) is 12.9. The minimum atomic E-state index is -3.61. The standard InChI is InChI=1S/C26H32N6O4S/c1-16-7-18-11-27-32(23(18)9-22(16)17-3-5-30(6-4-17)20-13-35-14-20)25-10-24(28-26(29-25)37(2,33)34)31-12-21-8-19(31)15-36-21/h7,9-11,17,19-21H,3-6,8,12-15H2,1-2H3/t19-,21-/m0/s1. The first-order valence-corrected chi connectivity index (χ1v) is 15.0. The van der Waals surface area contributed by atoms with Crippen molar-refractivity contribution in [3.8, 4) is 5.82 Å². The van der Waals surface area contributed by atoms with Gasteiger partial charge in [0.1, 0.15) is 5.82 Å². The van der Waals surface area contributed by atoms with Crippen molar-refractivity contribution in [2.24, 2.45) is 0 Å². The van der Waals surface area contributed by atoms with E-state index in [4.69, 9.17) is 9.47 Å². The van der Waals surface area contributed by atoms with Crippen LogP contribution in [0.15, 0.2) is 29.6 Å². The van der Waals surface area contributed by atoms with Crippen LogP contribution in [0.4, 0.5) is 5.82 Å². The first-order chi connectivity index (χ1) is 17.8. The molecule has 2 aromatic heterocycles. The summed E-state index contributed by atoms with van der Waals surface area (Å²) in [5.41, 5.74) is 3.54. The molecule has 10 nitrogen and oxygen atoms in total. The van der Waals surface area contributed by atoms with Crippen molar-refractivity contribution < 1.29 is 17.9 Å². The molecule has 6 heterocycles. The summed E-state index contributed by atoms with van der Waals surface area (Å²) in [5.74, 6) is 1.57. The Bertz CT molecular complexity index is 1460. The molecule has 2 atom stereocenters. The molecular formula is C26H32N6O4S. The number of aromatic nitrogens is 4. The van der Waals surface area contributed by atoms with Gasteiger partial charge in [0.2, 0.25) is 9.84 Å². The third-order valence-corrected chi connectivity index (χ3v) is 9.33. The topological polar surface area (TPSA) is 103 Å². The average molecular weight is 525 g/mol. The average Bonchev–Trinajstić information content (AvgIpc) is 3.58. The molecule has 0 N–H and O–H groups in total. The normalized spacial score (nSPS) is 25.3. The van der Waals surface area contributed by atoms with E-state index in [-0.39, 0.29) is 17.3 Å². The Morgan fingerprint density at radius 3 is 2.43 bits per heavy atom. The Hall–Kier alpha value is -2.60. The molecule has 0 aliphatic carbocycles. The van der Waals surface area contributed by atoms with Gasteiger partial charge in [-0.1, -0.05) is 0 Å². The molecular weight excluding hydrogens is 492 g/mol. The van der Waals surface area contributed by atoms with Gasteiger partial charge in [-0.15, -0.1) is 0 Å². The number of sulfone groups is 1. The van der Waals surface area contributed by atoms with Crippen LogP contribution in [0.25, 0.3) is 16.7 Å². The molecule has 0 unspecified atom stereocenters. The third-order valence-electron chi connectivity index (χ3n) is 8.48. The van der Waals surface area contributed by atoms with Gasteiger partial charge in [-0.05, 0) is 68.5 Å². The van der Waals surface area contributed by atoms with Gasteiger partial charge in [0.05, 0.1) is 49.7 Å². The van der Waals surface area contributed by atoms with Gasteiger partial charge in [-0.25, -0.2) is 18.1 Å². The van der Waals surface area contributed by atoms with E-state index in [0.29, 0.717) is 36.7 Å². The molecule has 1 aromatic carbocycles. The summed E-state index contributed by atoms with van der Waals surface area (Å²) in [6, 6.07) is 7.08. The van der Waals surface area contributed by atoms with Crippen LogP contribution in [0.2, 0.25) is 0 Å². The number of nitrogens with zero attached hydrogens (tertiary/aromatic N) is 6. The molecule has 0 amide bonds. The number of morpholine rings is 1. The predicted octanol–water partition coefficient (Wildman–Crippen LogP) is 2.08. The quantitative estimate of drug-likeness (QED) is 0.464. The van der Waals surface area contributed by atoms with E-state index >= 15 is 0 Å². The minimum absolute atomic E-state index is 0.171. The lowest BCUT2D eigenvalue weighted by atomic mass is 9.85. The highest BCUT2D eigenvalue weighted by atomic mass is 32.2. The summed E-state index contributed by atoms with van der Waals surface area (Å²) in [6.07, 6.45) is 6.33. The van der Waals surface area contributed by atoms with Gasteiger partial charge >= 0.3 is 0 Å². The molecule has 11 heteroatoms. The number of anilines is 1. The maximum Gasteiger partial charge on any atom is 0.250 e. The number of hydrogen-bond donors (Lipinski definition) is 0. The number of benzene rings is 1. The van der Waals surface area contributed by atoms with Gasteiger partial charge in [-0.2, -0.15) is 10.1 Å². The SMILES string of the molecule is Cc1cc2cnn(-c3cc(N4C[C@@H]5C[C@H]4CO5)nc(S(C)(=O)=O)n3)c2cc1C1CCN(C2COC2)CC1. The Morgan fingerprint density at radius 1 is 1.00 bits per heavy atom. The fourth-order valence-electron chi connectivity index (χ4n) is 6.34. The molecule has 4 aliphatic heterocycles. The first-order valence-electron chi connectivity index (χ1n) is 13.1. The summed E-state index contributed by atoms with van der Waals surface area (Å²) in [5, 5.41) is 5.49. The highest BCUT2D eigenvalue weighted by Gasteiger charge is 2.40. The number of piperidine rings is 1. The van der Waals surface area contributed by atoms with E-state index in [1.54, 1.807) is 4.68 Å². The molecule has 3 aromatic rings. The zero-order chi connectivity index (χ0) is 25.3. The summed E-state index contributed by atoms with van der Waals surface area (Å²) in [7, 11) is -3.61. The smallest absolute Gasteiger partial charge is 0.250 e. The highest BCUT2D eigenvalue weighted by molar-refractivity contribution is 7.90. The lowest BCUT2D eigenvalue weighted by Crippen LogP contribution is -2.51.